The van der Waals surface area contributed by atoms with Crippen LogP contribution < -0.4 is 14.8 Å². The van der Waals surface area contributed by atoms with Crippen LogP contribution in [0.5, 0.6) is 17.2 Å². The lowest BCUT2D eigenvalue weighted by Crippen LogP contribution is -2.32. The molecule has 3 N–H and O–H groups in total. The molecule has 3 aromatic rings. The summed E-state index contributed by atoms with van der Waals surface area (Å²) >= 11 is 1.63. The maximum absolute atomic E-state index is 11.4. The second kappa shape index (κ2) is 9.51. The van der Waals surface area contributed by atoms with E-state index in [-0.39, 0.29) is 11.3 Å². The highest BCUT2D eigenvalue weighted by Crippen LogP contribution is 2.54. The standard InChI is InChI=1S/C32H35NO4S/c1-18-17-32(2,3)33-22-11-10-21-28(27(18)22)25(37-24-13-12-23(34)31(36-4)29(21)24)16-26-20(14-15-38-26)30(35)19-8-6-5-7-9-19/h10-17,19,30,33-35H,5-9H2,1-4H3/b25-16-. The lowest BCUT2D eigenvalue weighted by atomic mass is 9.82. The summed E-state index contributed by atoms with van der Waals surface area (Å²) in [4.78, 5) is 1.02. The molecule has 0 bridgehead atoms. The van der Waals surface area contributed by atoms with Crippen molar-refractivity contribution < 1.29 is 19.7 Å². The summed E-state index contributed by atoms with van der Waals surface area (Å²) in [7, 11) is 1.57. The normalized spacial score (nSPS) is 19.9. The van der Waals surface area contributed by atoms with Crippen molar-refractivity contribution in [2.45, 2.75) is 64.5 Å². The van der Waals surface area contributed by atoms with Crippen LogP contribution in [0.2, 0.25) is 0 Å². The van der Waals surface area contributed by atoms with E-state index in [1.165, 1.54) is 19.3 Å². The lowest BCUT2D eigenvalue weighted by Gasteiger charge is -2.35. The number of allylic oxidation sites excluding steroid dienone is 1. The van der Waals surface area contributed by atoms with E-state index < -0.39 is 6.10 Å². The molecular formula is C32H35NO4S. The first-order valence-corrected chi connectivity index (χ1v) is 14.4. The van der Waals surface area contributed by atoms with Gasteiger partial charge in [0, 0.05) is 27.3 Å². The van der Waals surface area contributed by atoms with Crippen molar-refractivity contribution in [3.8, 4) is 28.4 Å². The number of fused-ring (bicyclic) bond motifs is 5. The van der Waals surface area contributed by atoms with Crippen molar-refractivity contribution in [2.24, 2.45) is 5.92 Å². The molecule has 38 heavy (non-hydrogen) atoms. The maximum atomic E-state index is 11.4. The highest BCUT2D eigenvalue weighted by atomic mass is 32.1. The summed E-state index contributed by atoms with van der Waals surface area (Å²) < 4.78 is 12.3. The van der Waals surface area contributed by atoms with Crippen LogP contribution in [0.1, 0.15) is 80.5 Å². The molecule has 6 heteroatoms. The Kier molecular flexibility index (Phi) is 6.28. The summed E-state index contributed by atoms with van der Waals surface area (Å²) in [5.41, 5.74) is 6.73. The molecule has 6 rings (SSSR count). The van der Waals surface area contributed by atoms with Crippen LogP contribution in [-0.4, -0.2) is 22.9 Å². The molecular weight excluding hydrogens is 494 g/mol. The van der Waals surface area contributed by atoms with Crippen molar-refractivity contribution in [2.75, 3.05) is 12.4 Å². The molecule has 0 radical (unpaired) electrons. The minimum absolute atomic E-state index is 0.0774. The zero-order valence-corrected chi connectivity index (χ0v) is 23.2. The first kappa shape index (κ1) is 25.1. The molecule has 5 nitrogen and oxygen atoms in total. The largest absolute Gasteiger partial charge is 0.504 e. The number of hydrogen-bond donors (Lipinski definition) is 3. The number of benzene rings is 2. The minimum atomic E-state index is -0.477. The maximum Gasteiger partial charge on any atom is 0.172 e. The molecule has 1 aliphatic carbocycles. The Labute approximate surface area is 228 Å². The number of phenolic OH excluding ortho intramolecular Hbond substituents is 1. The van der Waals surface area contributed by atoms with Crippen molar-refractivity contribution >= 4 is 34.4 Å². The first-order valence-electron chi connectivity index (χ1n) is 13.5. The zero-order chi connectivity index (χ0) is 26.6. The van der Waals surface area contributed by atoms with E-state index in [1.54, 1.807) is 30.6 Å². The first-order chi connectivity index (χ1) is 18.3. The number of rotatable bonds is 4. The Morgan fingerprint density at radius 1 is 1.08 bits per heavy atom. The molecule has 1 atom stereocenters. The molecule has 2 aromatic carbocycles. The van der Waals surface area contributed by atoms with Gasteiger partial charge in [-0.25, -0.2) is 0 Å². The van der Waals surface area contributed by atoms with Crippen molar-refractivity contribution in [3.05, 3.63) is 63.4 Å². The van der Waals surface area contributed by atoms with Crippen molar-refractivity contribution in [1.82, 2.24) is 0 Å². The fourth-order valence-corrected chi connectivity index (χ4v) is 7.33. The predicted molar refractivity (Wildman–Crippen MR) is 156 cm³/mol. The molecule has 1 unspecified atom stereocenters. The number of nitrogens with one attached hydrogen (secondary N) is 1. The van der Waals surface area contributed by atoms with Gasteiger partial charge in [0.2, 0.25) is 0 Å². The Balaban J connectivity index is 1.55. The quantitative estimate of drug-likeness (QED) is 0.317. The third kappa shape index (κ3) is 4.20. The average molecular weight is 530 g/mol. The summed E-state index contributed by atoms with van der Waals surface area (Å²) in [5.74, 6) is 2.14. The van der Waals surface area contributed by atoms with Crippen molar-refractivity contribution in [1.29, 1.82) is 0 Å². The van der Waals surface area contributed by atoms with Gasteiger partial charge in [-0.1, -0.05) is 31.4 Å². The van der Waals surface area contributed by atoms with E-state index in [2.05, 4.69) is 61.8 Å². The fourth-order valence-electron chi connectivity index (χ4n) is 6.46. The third-order valence-electron chi connectivity index (χ3n) is 8.08. The smallest absolute Gasteiger partial charge is 0.172 e. The van der Waals surface area contributed by atoms with Crippen LogP contribution in [0.25, 0.3) is 28.5 Å². The SMILES string of the molecule is COc1c(O)ccc2c1-c1ccc3c(c1/C(=C/c1sccc1C(O)C1CCCCC1)O2)C(C)=CC(C)(C)N3. The highest BCUT2D eigenvalue weighted by Gasteiger charge is 2.34. The van der Waals surface area contributed by atoms with Crippen LogP contribution >= 0.6 is 11.3 Å². The molecule has 198 valence electrons. The molecule has 3 heterocycles. The highest BCUT2D eigenvalue weighted by molar-refractivity contribution is 7.11. The van der Waals surface area contributed by atoms with Gasteiger partial charge in [0.05, 0.1) is 24.3 Å². The van der Waals surface area contributed by atoms with Crippen LogP contribution in [0.15, 0.2) is 41.8 Å². The number of anilines is 1. The minimum Gasteiger partial charge on any atom is -0.504 e. The number of aliphatic hydroxyl groups is 1. The van der Waals surface area contributed by atoms with Gasteiger partial charge in [-0.15, -0.1) is 11.3 Å². The van der Waals surface area contributed by atoms with Gasteiger partial charge in [-0.2, -0.15) is 0 Å². The van der Waals surface area contributed by atoms with Gasteiger partial charge in [-0.3, -0.25) is 0 Å². The van der Waals surface area contributed by atoms with Gasteiger partial charge in [0.25, 0.3) is 0 Å². The summed E-state index contributed by atoms with van der Waals surface area (Å²) in [6.07, 6.45) is 9.62. The Hall–Kier alpha value is -3.22. The number of phenols is 1. The lowest BCUT2D eigenvalue weighted by molar-refractivity contribution is 0.0851. The zero-order valence-electron chi connectivity index (χ0n) is 22.4. The number of methoxy groups -OCH3 is 1. The molecule has 0 amide bonds. The summed E-state index contributed by atoms with van der Waals surface area (Å²) in [5, 5.41) is 27.7. The van der Waals surface area contributed by atoms with E-state index >= 15 is 0 Å². The topological polar surface area (TPSA) is 71.0 Å². The number of ether oxygens (including phenoxy) is 2. The number of aromatic hydroxyl groups is 1. The molecule has 3 aliphatic rings. The Morgan fingerprint density at radius 2 is 1.87 bits per heavy atom. The summed E-state index contributed by atoms with van der Waals surface area (Å²) in [6, 6.07) is 9.65. The van der Waals surface area contributed by atoms with E-state index in [0.717, 1.165) is 62.6 Å². The van der Waals surface area contributed by atoms with Gasteiger partial charge < -0.3 is 25.0 Å². The number of hydrogen-bond acceptors (Lipinski definition) is 6. The van der Waals surface area contributed by atoms with E-state index in [0.29, 0.717) is 17.4 Å². The molecule has 1 saturated carbocycles. The number of thiophene rings is 1. The van der Waals surface area contributed by atoms with Crippen molar-refractivity contribution in [3.63, 3.8) is 0 Å². The van der Waals surface area contributed by atoms with Gasteiger partial charge in [0.1, 0.15) is 11.5 Å². The second-order valence-electron chi connectivity index (χ2n) is 11.3. The van der Waals surface area contributed by atoms with Gasteiger partial charge in [0.15, 0.2) is 11.5 Å². The van der Waals surface area contributed by atoms with Crippen LogP contribution in [-0.2, 0) is 0 Å². The van der Waals surface area contributed by atoms with E-state index in [1.807, 2.05) is 0 Å². The van der Waals surface area contributed by atoms with Crippen LogP contribution in [0.3, 0.4) is 0 Å². The van der Waals surface area contributed by atoms with Crippen LogP contribution in [0, 0.1) is 5.92 Å². The molecule has 1 fully saturated rings. The number of aliphatic hydroxyl groups excluding tert-OH is 1. The van der Waals surface area contributed by atoms with Gasteiger partial charge in [-0.05, 0) is 86.4 Å². The summed E-state index contributed by atoms with van der Waals surface area (Å²) in [6.45, 7) is 6.46. The predicted octanol–water partition coefficient (Wildman–Crippen LogP) is 8.24. The van der Waals surface area contributed by atoms with E-state index in [9.17, 15) is 10.2 Å². The molecule has 1 aromatic heterocycles. The molecule has 0 saturated heterocycles. The Morgan fingerprint density at radius 3 is 2.63 bits per heavy atom. The Bertz CT molecular complexity index is 1460. The fraction of sp³-hybridized carbons (Fsp3) is 0.375. The van der Waals surface area contributed by atoms with E-state index in [4.69, 9.17) is 9.47 Å². The second-order valence-corrected chi connectivity index (χ2v) is 12.2. The molecule has 2 aliphatic heterocycles. The third-order valence-corrected chi connectivity index (χ3v) is 8.96. The average Bonchev–Trinajstić information content (AvgIpc) is 3.36. The van der Waals surface area contributed by atoms with Gasteiger partial charge >= 0.3 is 0 Å². The van der Waals surface area contributed by atoms with Crippen LogP contribution in [0.4, 0.5) is 5.69 Å². The molecule has 0 spiro atoms. The monoisotopic (exact) mass is 529 g/mol.